The van der Waals surface area contributed by atoms with Crippen LogP contribution in [0, 0.1) is 12.8 Å². The van der Waals surface area contributed by atoms with Crippen LogP contribution in [0.2, 0.25) is 0 Å². The van der Waals surface area contributed by atoms with E-state index in [0.29, 0.717) is 17.1 Å². The van der Waals surface area contributed by atoms with Crippen molar-refractivity contribution < 1.29 is 14.4 Å². The summed E-state index contributed by atoms with van der Waals surface area (Å²) in [5.74, 6) is -2.36. The van der Waals surface area contributed by atoms with Gasteiger partial charge in [-0.1, -0.05) is 35.9 Å². The van der Waals surface area contributed by atoms with Crippen molar-refractivity contribution in [1.82, 2.24) is 5.32 Å². The molecule has 2 aromatic rings. The second kappa shape index (κ2) is 7.64. The Morgan fingerprint density at radius 2 is 1.63 bits per heavy atom. The Morgan fingerprint density at radius 3 is 2.30 bits per heavy atom. The number of carbonyl (C=O) groups excluding carboxylic acids is 3. The van der Waals surface area contributed by atoms with Crippen LogP contribution in [0.5, 0.6) is 0 Å². The first-order chi connectivity index (χ1) is 14.4. The lowest BCUT2D eigenvalue weighted by Gasteiger charge is -2.29. The first-order valence-corrected chi connectivity index (χ1v) is 9.70. The van der Waals surface area contributed by atoms with E-state index in [0.717, 1.165) is 5.56 Å². The van der Waals surface area contributed by atoms with Gasteiger partial charge in [0.05, 0.1) is 23.0 Å². The molecule has 4 rings (SSSR count). The molecule has 1 unspecified atom stereocenters. The number of anilines is 2. The maximum absolute atomic E-state index is 13.1. The molecule has 0 saturated carbocycles. The highest BCUT2D eigenvalue weighted by Gasteiger charge is 2.39. The lowest BCUT2D eigenvalue weighted by atomic mass is 9.98. The highest BCUT2D eigenvalue weighted by atomic mass is 32.1. The Kier molecular flexibility index (Phi) is 5.01. The van der Waals surface area contributed by atoms with Crippen LogP contribution in [0.1, 0.15) is 12.5 Å². The van der Waals surface area contributed by atoms with E-state index in [2.05, 4.69) is 10.4 Å². The number of amides is 3. The van der Waals surface area contributed by atoms with Crippen molar-refractivity contribution in [3.63, 3.8) is 0 Å². The predicted molar refractivity (Wildman–Crippen MR) is 118 cm³/mol. The molecule has 0 aromatic heterocycles. The van der Waals surface area contributed by atoms with Crippen molar-refractivity contribution in [2.75, 3.05) is 9.91 Å². The quantitative estimate of drug-likeness (QED) is 0.472. The molecule has 8 heteroatoms. The maximum Gasteiger partial charge on any atom is 0.269 e. The smallest absolute Gasteiger partial charge is 0.269 e. The molecule has 1 saturated heterocycles. The van der Waals surface area contributed by atoms with Crippen LogP contribution in [0.4, 0.5) is 11.4 Å². The molecule has 1 atom stereocenters. The number of thiocarbonyl (C=S) groups is 1. The van der Waals surface area contributed by atoms with Gasteiger partial charge in [-0.25, -0.2) is 0 Å². The van der Waals surface area contributed by atoms with E-state index in [1.165, 1.54) is 16.0 Å². The zero-order chi connectivity index (χ0) is 21.4. The molecule has 2 aliphatic rings. The Hall–Kier alpha value is -3.65. The van der Waals surface area contributed by atoms with E-state index in [1.807, 2.05) is 25.1 Å². The summed E-state index contributed by atoms with van der Waals surface area (Å²) in [6.45, 7) is 3.62. The number of carbonyl (C=O) groups is 3. The summed E-state index contributed by atoms with van der Waals surface area (Å²) in [6, 6.07) is 16.2. The minimum Gasteiger partial charge on any atom is -0.298 e. The van der Waals surface area contributed by atoms with Crippen LogP contribution in [0.15, 0.2) is 71.3 Å². The van der Waals surface area contributed by atoms with Crippen molar-refractivity contribution in [2.24, 2.45) is 11.0 Å². The minimum absolute atomic E-state index is 0.0000487. The fourth-order valence-corrected chi connectivity index (χ4v) is 3.58. The van der Waals surface area contributed by atoms with Gasteiger partial charge in [-0.2, -0.15) is 10.1 Å². The number of benzene rings is 2. The van der Waals surface area contributed by atoms with Crippen molar-refractivity contribution in [2.45, 2.75) is 13.8 Å². The normalized spacial score (nSPS) is 20.7. The van der Waals surface area contributed by atoms with E-state index < -0.39 is 17.7 Å². The number of rotatable bonds is 3. The summed E-state index contributed by atoms with van der Waals surface area (Å²) in [4.78, 5) is 39.8. The number of nitrogens with zero attached hydrogens (tertiary/aromatic N) is 3. The summed E-state index contributed by atoms with van der Waals surface area (Å²) in [6.07, 6.45) is 1.37. The van der Waals surface area contributed by atoms with E-state index >= 15 is 0 Å². The molecule has 0 bridgehead atoms. The zero-order valence-corrected chi connectivity index (χ0v) is 17.1. The van der Waals surface area contributed by atoms with Gasteiger partial charge < -0.3 is 0 Å². The molecule has 150 valence electrons. The molecular formula is C22H18N4O3S. The zero-order valence-electron chi connectivity index (χ0n) is 16.3. The largest absolute Gasteiger partial charge is 0.298 e. The van der Waals surface area contributed by atoms with Gasteiger partial charge in [0.25, 0.3) is 17.7 Å². The van der Waals surface area contributed by atoms with E-state index in [1.54, 1.807) is 43.3 Å². The lowest BCUT2D eigenvalue weighted by molar-refractivity contribution is -0.122. The molecule has 1 fully saturated rings. The van der Waals surface area contributed by atoms with Gasteiger partial charge in [0.2, 0.25) is 0 Å². The number of para-hydroxylation sites is 1. The third-order valence-corrected chi connectivity index (χ3v) is 5.20. The van der Waals surface area contributed by atoms with Gasteiger partial charge in [0, 0.05) is 0 Å². The van der Waals surface area contributed by atoms with Crippen LogP contribution in [-0.4, -0.2) is 28.5 Å². The highest BCUT2D eigenvalue weighted by molar-refractivity contribution is 7.80. The Balaban J connectivity index is 1.67. The van der Waals surface area contributed by atoms with Gasteiger partial charge in [-0.15, -0.1) is 0 Å². The third-order valence-electron chi connectivity index (χ3n) is 4.91. The molecule has 0 radical (unpaired) electrons. The van der Waals surface area contributed by atoms with Crippen LogP contribution in [0.25, 0.3) is 0 Å². The minimum atomic E-state index is -0.818. The second-order valence-electron chi connectivity index (χ2n) is 7.02. The summed E-state index contributed by atoms with van der Waals surface area (Å²) in [5.41, 5.74) is 2.53. The van der Waals surface area contributed by atoms with Gasteiger partial charge in [-0.05, 0) is 56.4 Å². The van der Waals surface area contributed by atoms with Gasteiger partial charge in [0.15, 0.2) is 5.11 Å². The standard InChI is InChI=1S/C22H18N4O3S/c1-13-8-10-15(11-9-13)25-20(28)18(19(27)23-22(25)30)12-17-14(2)24-26(21(17)29)16-6-4-3-5-7-16/h3-12,17H,1-2H3,(H,23,27,30)/b18-12+. The van der Waals surface area contributed by atoms with Gasteiger partial charge in [0.1, 0.15) is 5.57 Å². The molecule has 30 heavy (non-hydrogen) atoms. The van der Waals surface area contributed by atoms with E-state index in [-0.39, 0.29) is 16.6 Å². The van der Waals surface area contributed by atoms with E-state index in [4.69, 9.17) is 12.2 Å². The highest BCUT2D eigenvalue weighted by Crippen LogP contribution is 2.27. The summed E-state index contributed by atoms with van der Waals surface area (Å²) >= 11 is 5.21. The van der Waals surface area contributed by atoms with Crippen molar-refractivity contribution in [1.29, 1.82) is 0 Å². The number of hydrazone groups is 1. The second-order valence-corrected chi connectivity index (χ2v) is 7.41. The van der Waals surface area contributed by atoms with Crippen molar-refractivity contribution >= 4 is 52.1 Å². The fraction of sp³-hybridized carbons (Fsp3) is 0.136. The Bertz CT molecular complexity index is 1120. The van der Waals surface area contributed by atoms with Crippen LogP contribution < -0.4 is 15.2 Å². The summed E-state index contributed by atoms with van der Waals surface area (Å²) in [5, 5.41) is 8.13. The van der Waals surface area contributed by atoms with E-state index in [9.17, 15) is 14.4 Å². The third kappa shape index (κ3) is 3.42. The molecule has 0 aliphatic carbocycles. The van der Waals surface area contributed by atoms with Crippen molar-refractivity contribution in [3.8, 4) is 0 Å². The van der Waals surface area contributed by atoms with Crippen LogP contribution in [-0.2, 0) is 14.4 Å². The molecule has 2 aromatic carbocycles. The first kappa shape index (κ1) is 19.7. The number of nitrogens with one attached hydrogen (secondary N) is 1. The average molecular weight is 418 g/mol. The first-order valence-electron chi connectivity index (χ1n) is 9.29. The molecule has 3 amide bonds. The summed E-state index contributed by atoms with van der Waals surface area (Å²) in [7, 11) is 0. The summed E-state index contributed by atoms with van der Waals surface area (Å²) < 4.78 is 0. The SMILES string of the molecule is CC1=NN(c2ccccc2)C(=O)C1/C=C1\C(=O)NC(=S)N(c2ccc(C)cc2)C1=O. The molecule has 2 aliphatic heterocycles. The number of hydrogen-bond acceptors (Lipinski definition) is 5. The van der Waals surface area contributed by atoms with Gasteiger partial charge >= 0.3 is 0 Å². The lowest BCUT2D eigenvalue weighted by Crippen LogP contribution is -2.54. The molecule has 1 N–H and O–H groups in total. The van der Waals surface area contributed by atoms with Crippen LogP contribution >= 0.6 is 12.2 Å². The predicted octanol–water partition coefficient (Wildman–Crippen LogP) is 2.71. The average Bonchev–Trinajstić information content (AvgIpc) is 3.01. The Morgan fingerprint density at radius 1 is 0.967 bits per heavy atom. The fourth-order valence-electron chi connectivity index (χ4n) is 3.30. The maximum atomic E-state index is 13.1. The number of aryl methyl sites for hydroxylation is 1. The van der Waals surface area contributed by atoms with Crippen LogP contribution in [0.3, 0.4) is 0 Å². The van der Waals surface area contributed by atoms with Crippen molar-refractivity contribution in [3.05, 3.63) is 71.8 Å². The van der Waals surface area contributed by atoms with Gasteiger partial charge in [-0.3, -0.25) is 24.6 Å². The number of hydrogen-bond donors (Lipinski definition) is 1. The molecule has 0 spiro atoms. The monoisotopic (exact) mass is 418 g/mol. The molecule has 2 heterocycles. The topological polar surface area (TPSA) is 82.1 Å². The Labute approximate surface area is 178 Å². The molecule has 7 nitrogen and oxygen atoms in total. The molecular weight excluding hydrogens is 400 g/mol.